The van der Waals surface area contributed by atoms with Crippen molar-refractivity contribution in [2.24, 2.45) is 0 Å². The largest absolute Gasteiger partial charge is 1.00 e. The molecule has 316 valence electrons. The summed E-state index contributed by atoms with van der Waals surface area (Å²) in [6, 6.07) is 33.2. The van der Waals surface area contributed by atoms with Crippen molar-refractivity contribution in [3.8, 4) is 22.3 Å². The van der Waals surface area contributed by atoms with Crippen molar-refractivity contribution in [1.82, 2.24) is 0 Å². The Morgan fingerprint density at radius 3 is 1.32 bits per heavy atom. The zero-order valence-corrected chi connectivity index (χ0v) is 42.3. The molecule has 4 aromatic rings. The van der Waals surface area contributed by atoms with E-state index in [2.05, 4.69) is 144 Å². The smallest absolute Gasteiger partial charge is 0.399 e. The Labute approximate surface area is 394 Å². The van der Waals surface area contributed by atoms with Crippen molar-refractivity contribution in [2.45, 2.75) is 130 Å². The van der Waals surface area contributed by atoms with E-state index in [1.54, 1.807) is 0 Å². The molecule has 6 nitrogen and oxygen atoms in total. The van der Waals surface area contributed by atoms with E-state index in [9.17, 15) is 0 Å². The summed E-state index contributed by atoms with van der Waals surface area (Å²) in [6.07, 6.45) is 4.95. The predicted molar refractivity (Wildman–Crippen MR) is 255 cm³/mol. The van der Waals surface area contributed by atoms with Crippen LogP contribution in [0.1, 0.15) is 102 Å². The second kappa shape index (κ2) is 25.2. The summed E-state index contributed by atoms with van der Waals surface area (Å²) in [7, 11) is -0.866. The maximum absolute atomic E-state index is 6.15. The fourth-order valence-electron chi connectivity index (χ4n) is 5.45. The van der Waals surface area contributed by atoms with Gasteiger partial charge in [0.25, 0.3) is 0 Å². The molecule has 0 aliphatic carbocycles. The third kappa shape index (κ3) is 17.5. The number of ether oxygens (including phenoxy) is 1. The van der Waals surface area contributed by atoms with Gasteiger partial charge in [-0.15, -0.1) is 0 Å². The molecule has 7 rings (SSSR count). The van der Waals surface area contributed by atoms with E-state index in [1.807, 2.05) is 84.0 Å². The Balaban J connectivity index is 0.000000282. The van der Waals surface area contributed by atoms with E-state index in [-0.39, 0.29) is 54.5 Å². The Hall–Kier alpha value is -1.19. The molecule has 0 bridgehead atoms. The van der Waals surface area contributed by atoms with E-state index in [4.69, 9.17) is 28.0 Å². The number of hydrogen-bond acceptors (Lipinski definition) is 6. The van der Waals surface area contributed by atoms with E-state index in [0.717, 1.165) is 44.1 Å². The molecule has 3 heterocycles. The molecule has 3 saturated heterocycles. The van der Waals surface area contributed by atoms with Crippen LogP contribution in [0.15, 0.2) is 110 Å². The van der Waals surface area contributed by atoms with E-state index in [0.29, 0.717) is 0 Å². The summed E-state index contributed by atoms with van der Waals surface area (Å²) in [5.74, 6) is 0. The van der Waals surface area contributed by atoms with Crippen LogP contribution in [0.25, 0.3) is 22.3 Å². The standard InChI is InChI=1S/C18H20BBrO2.C12H8Br2.C9H19BO3.C4H8O.C4H9.Li/c1-17(2)18(3,4)22-19(21-17)15-10-14(11-16(20)12-15)13-8-6-5-7-9-13;13-11-6-10(7-12(14)8-11)9-4-2-1-3-5-9;1-7(2)11-10-12-8(3,4)9(5,6)13-10;1-2-4-5-3-1;1-3-4-2;/h5-12H,1-4H3;1-8H;7H,1-6H3;1-4H2;1,3-4H2,2H3;/q;;;;-1;+1. The Bertz CT molecular complexity index is 1750. The third-order valence-corrected chi connectivity index (χ3v) is 11.7. The van der Waals surface area contributed by atoms with Gasteiger partial charge in [-0.1, -0.05) is 128 Å². The normalized spacial score (nSPS) is 17.8. The van der Waals surface area contributed by atoms with Crippen LogP contribution in [0.3, 0.4) is 0 Å². The number of hydrogen-bond donors (Lipinski definition) is 0. The third-order valence-electron chi connectivity index (χ3n) is 10.3. The van der Waals surface area contributed by atoms with Crippen molar-refractivity contribution in [2.75, 3.05) is 13.2 Å². The summed E-state index contributed by atoms with van der Waals surface area (Å²) in [6.45, 7) is 28.0. The van der Waals surface area contributed by atoms with Gasteiger partial charge in [0.05, 0.1) is 22.4 Å². The Morgan fingerprint density at radius 2 is 0.966 bits per heavy atom. The fourth-order valence-corrected chi connectivity index (χ4v) is 7.26. The van der Waals surface area contributed by atoms with Crippen LogP contribution in [0, 0.1) is 6.92 Å². The van der Waals surface area contributed by atoms with Gasteiger partial charge in [0.15, 0.2) is 0 Å². The monoisotopic (exact) mass is 990 g/mol. The minimum absolute atomic E-state index is 0. The summed E-state index contributed by atoms with van der Waals surface area (Å²) in [5.41, 5.74) is 4.56. The van der Waals surface area contributed by atoms with Crippen LogP contribution < -0.4 is 24.3 Å². The first kappa shape index (κ1) is 53.9. The Kier molecular flexibility index (Phi) is 23.0. The zero-order valence-electron chi connectivity index (χ0n) is 37.5. The summed E-state index contributed by atoms with van der Waals surface area (Å²) in [4.78, 5) is 0. The quantitative estimate of drug-likeness (QED) is 0.142. The Morgan fingerprint density at radius 1 is 0.593 bits per heavy atom. The average Bonchev–Trinajstić information content (AvgIpc) is 3.86. The molecule has 59 heavy (non-hydrogen) atoms. The molecule has 0 radical (unpaired) electrons. The SMILES string of the molecule is Brc1cc(Br)cc(-c2ccccc2)c1.C1CCOC1.CC(C)OB1OC(C)(C)C(C)(C)O1.CC1(C)OB(c2cc(Br)cc(-c3ccccc3)c2)OC1(C)C.[CH2-]CCC.[Li+]. The van der Waals surface area contributed by atoms with Gasteiger partial charge in [-0.2, -0.15) is 6.42 Å². The predicted octanol–water partition coefficient (Wildman–Crippen LogP) is 10.7. The van der Waals surface area contributed by atoms with E-state index >= 15 is 0 Å². The molecule has 3 aliphatic rings. The van der Waals surface area contributed by atoms with Crippen molar-refractivity contribution in [1.29, 1.82) is 0 Å². The fraction of sp³-hybridized carbons (Fsp3) is 0.468. The first-order valence-corrected chi connectivity index (χ1v) is 22.7. The van der Waals surface area contributed by atoms with Gasteiger partial charge in [-0.25, -0.2) is 0 Å². The van der Waals surface area contributed by atoms with Crippen LogP contribution >= 0.6 is 47.8 Å². The van der Waals surface area contributed by atoms with Crippen molar-refractivity contribution < 1.29 is 46.9 Å². The van der Waals surface area contributed by atoms with Gasteiger partial charge in [-0.05, 0) is 140 Å². The molecule has 12 heteroatoms. The molecule has 0 amide bonds. The second-order valence-corrected chi connectivity index (χ2v) is 19.4. The van der Waals surface area contributed by atoms with Gasteiger partial charge < -0.3 is 34.9 Å². The first-order valence-electron chi connectivity index (χ1n) is 20.3. The van der Waals surface area contributed by atoms with E-state index < -0.39 is 7.32 Å². The topological polar surface area (TPSA) is 55.4 Å². The van der Waals surface area contributed by atoms with Gasteiger partial charge >= 0.3 is 33.3 Å². The van der Waals surface area contributed by atoms with Crippen LogP contribution in [-0.2, 0) is 28.0 Å². The van der Waals surface area contributed by atoms with Crippen LogP contribution in [0.4, 0.5) is 0 Å². The summed E-state index contributed by atoms with van der Waals surface area (Å²) < 4.78 is 37.2. The van der Waals surface area contributed by atoms with E-state index in [1.165, 1.54) is 36.0 Å². The maximum atomic E-state index is 6.15. The summed E-state index contributed by atoms with van der Waals surface area (Å²) >= 11 is 10.6. The molecule has 0 aromatic heterocycles. The zero-order chi connectivity index (χ0) is 43.1. The molecule has 3 aliphatic heterocycles. The van der Waals surface area contributed by atoms with Gasteiger partial charge in [0, 0.05) is 32.7 Å². The second-order valence-electron chi connectivity index (χ2n) is 16.7. The molecule has 0 N–H and O–H groups in total. The van der Waals surface area contributed by atoms with Gasteiger partial charge in [0.1, 0.15) is 0 Å². The van der Waals surface area contributed by atoms with Crippen LogP contribution in [0.2, 0.25) is 0 Å². The summed E-state index contributed by atoms with van der Waals surface area (Å²) in [5, 5.41) is 0. The van der Waals surface area contributed by atoms with Gasteiger partial charge in [-0.3, -0.25) is 0 Å². The molecule has 0 spiro atoms. The molecular formula is C47H64B2Br3LiO6. The minimum Gasteiger partial charge on any atom is -0.399 e. The molecule has 0 saturated carbocycles. The number of unbranched alkanes of at least 4 members (excludes halogenated alkanes) is 1. The molecule has 3 fully saturated rings. The maximum Gasteiger partial charge on any atom is 1.00 e. The number of rotatable bonds is 6. The first-order chi connectivity index (χ1) is 27.2. The van der Waals surface area contributed by atoms with Gasteiger partial charge in [0.2, 0.25) is 0 Å². The average molecular weight is 993 g/mol. The van der Waals surface area contributed by atoms with Crippen LogP contribution in [-0.4, -0.2) is 56.2 Å². The minimum atomic E-state index is -0.523. The molecule has 0 unspecified atom stereocenters. The number of benzene rings is 4. The number of halogens is 3. The van der Waals surface area contributed by atoms with Crippen LogP contribution in [0.5, 0.6) is 0 Å². The molecule has 4 aromatic carbocycles. The van der Waals surface area contributed by atoms with Crippen molar-refractivity contribution in [3.63, 3.8) is 0 Å². The molecular weight excluding hydrogens is 929 g/mol. The van der Waals surface area contributed by atoms with Crippen molar-refractivity contribution >= 4 is 67.7 Å². The molecule has 0 atom stereocenters. The van der Waals surface area contributed by atoms with Crippen molar-refractivity contribution in [3.05, 3.63) is 117 Å².